The first-order chi connectivity index (χ1) is 14.8. The molecule has 1 aromatic carbocycles. The van der Waals surface area contributed by atoms with Crippen molar-refractivity contribution in [3.8, 4) is 11.5 Å². The van der Waals surface area contributed by atoms with E-state index in [1.165, 1.54) is 21.3 Å². The molecule has 11 heteroatoms. The average molecular weight is 467 g/mol. The van der Waals surface area contributed by atoms with Crippen molar-refractivity contribution in [2.45, 2.75) is 13.8 Å². The monoisotopic (exact) mass is 466 g/mol. The molecular weight excluding hydrogens is 444 g/mol. The number of hydrogen-bond donors (Lipinski definition) is 2. The molecule has 0 aliphatic rings. The molecular formula is C20H22N2O7S2. The second-order valence-corrected chi connectivity index (χ2v) is 7.35. The minimum absolute atomic E-state index is 0.0961. The molecule has 0 unspecified atom stereocenters. The van der Waals surface area contributed by atoms with Gasteiger partial charge in [-0.1, -0.05) is 6.07 Å². The highest BCUT2D eigenvalue weighted by atomic mass is 32.1. The van der Waals surface area contributed by atoms with E-state index in [0.717, 1.165) is 11.3 Å². The van der Waals surface area contributed by atoms with Gasteiger partial charge in [0.05, 0.1) is 33.5 Å². The number of thiophene rings is 1. The zero-order chi connectivity index (χ0) is 23.1. The van der Waals surface area contributed by atoms with E-state index in [1.54, 1.807) is 32.0 Å². The molecule has 2 rings (SSSR count). The van der Waals surface area contributed by atoms with Gasteiger partial charge in [0, 0.05) is 0 Å². The predicted molar refractivity (Wildman–Crippen MR) is 120 cm³/mol. The summed E-state index contributed by atoms with van der Waals surface area (Å²) in [6.45, 7) is 3.41. The van der Waals surface area contributed by atoms with Gasteiger partial charge in [0.25, 0.3) is 5.91 Å². The lowest BCUT2D eigenvalue weighted by Gasteiger charge is -2.14. The number of amides is 1. The van der Waals surface area contributed by atoms with Gasteiger partial charge in [0.2, 0.25) is 0 Å². The molecule has 9 nitrogen and oxygen atoms in total. The van der Waals surface area contributed by atoms with E-state index < -0.39 is 17.8 Å². The van der Waals surface area contributed by atoms with Crippen molar-refractivity contribution in [1.29, 1.82) is 0 Å². The van der Waals surface area contributed by atoms with E-state index in [2.05, 4.69) is 10.6 Å². The van der Waals surface area contributed by atoms with Gasteiger partial charge < -0.3 is 24.3 Å². The number of anilines is 1. The van der Waals surface area contributed by atoms with Crippen LogP contribution in [0, 0.1) is 6.92 Å². The van der Waals surface area contributed by atoms with Crippen molar-refractivity contribution in [3.05, 3.63) is 39.8 Å². The van der Waals surface area contributed by atoms with Gasteiger partial charge in [0.1, 0.15) is 26.9 Å². The molecule has 0 saturated carbocycles. The number of hydrogen-bond acceptors (Lipinski definition) is 9. The largest absolute Gasteiger partial charge is 0.496 e. The van der Waals surface area contributed by atoms with Crippen molar-refractivity contribution >= 4 is 51.5 Å². The minimum Gasteiger partial charge on any atom is -0.496 e. The van der Waals surface area contributed by atoms with Crippen LogP contribution in [0.4, 0.5) is 5.00 Å². The molecule has 0 aliphatic heterocycles. The van der Waals surface area contributed by atoms with E-state index in [9.17, 15) is 14.4 Å². The maximum atomic E-state index is 12.8. The average Bonchev–Trinajstić information content (AvgIpc) is 3.07. The lowest BCUT2D eigenvalue weighted by Crippen LogP contribution is -2.34. The highest BCUT2D eigenvalue weighted by molar-refractivity contribution is 7.80. The molecule has 0 saturated heterocycles. The van der Waals surface area contributed by atoms with Crippen molar-refractivity contribution < 1.29 is 33.3 Å². The lowest BCUT2D eigenvalue weighted by molar-refractivity contribution is 0.0527. The normalized spacial score (nSPS) is 10.1. The van der Waals surface area contributed by atoms with Gasteiger partial charge in [0.15, 0.2) is 5.11 Å². The Bertz CT molecular complexity index is 995. The first-order valence-electron chi connectivity index (χ1n) is 9.01. The number of nitrogens with one attached hydrogen (secondary N) is 2. The molecule has 2 N–H and O–H groups in total. The summed E-state index contributed by atoms with van der Waals surface area (Å²) in [5.74, 6) is -1.21. The smallest absolute Gasteiger partial charge is 0.348 e. The molecule has 0 spiro atoms. The van der Waals surface area contributed by atoms with Crippen molar-refractivity contribution in [2.24, 2.45) is 0 Å². The summed E-state index contributed by atoms with van der Waals surface area (Å²) >= 11 is 6.21. The number of methoxy groups -OCH3 is 3. The summed E-state index contributed by atoms with van der Waals surface area (Å²) in [5, 5.41) is 5.47. The first-order valence-corrected chi connectivity index (χ1v) is 10.2. The second kappa shape index (κ2) is 10.7. The van der Waals surface area contributed by atoms with Crippen LogP contribution in [0.1, 0.15) is 42.9 Å². The van der Waals surface area contributed by atoms with E-state index in [4.69, 9.17) is 31.2 Å². The van der Waals surface area contributed by atoms with Gasteiger partial charge in [-0.05, 0) is 43.8 Å². The Balaban J connectivity index is 2.33. The molecule has 0 bridgehead atoms. The summed E-state index contributed by atoms with van der Waals surface area (Å²) in [7, 11) is 4.09. The van der Waals surface area contributed by atoms with Crippen LogP contribution in [-0.2, 0) is 9.47 Å². The number of thiocarbonyl (C=S) groups is 1. The number of carbonyl (C=O) groups is 3. The van der Waals surface area contributed by atoms with Gasteiger partial charge in [-0.2, -0.15) is 0 Å². The van der Waals surface area contributed by atoms with Crippen LogP contribution in [0.5, 0.6) is 11.5 Å². The zero-order valence-electron chi connectivity index (χ0n) is 17.6. The molecule has 1 aromatic heterocycles. The van der Waals surface area contributed by atoms with Gasteiger partial charge in [-0.3, -0.25) is 10.1 Å². The van der Waals surface area contributed by atoms with E-state index in [1.807, 2.05) is 0 Å². The molecule has 1 amide bonds. The summed E-state index contributed by atoms with van der Waals surface area (Å²) in [4.78, 5) is 37.5. The number of carbonyl (C=O) groups excluding carboxylic acids is 3. The minimum atomic E-state index is -0.630. The lowest BCUT2D eigenvalue weighted by atomic mass is 10.1. The van der Waals surface area contributed by atoms with E-state index in [0.29, 0.717) is 17.1 Å². The Morgan fingerprint density at radius 2 is 1.65 bits per heavy atom. The topological polar surface area (TPSA) is 112 Å². The Morgan fingerprint density at radius 1 is 1.03 bits per heavy atom. The van der Waals surface area contributed by atoms with Gasteiger partial charge >= 0.3 is 11.9 Å². The fourth-order valence-corrected chi connectivity index (χ4v) is 4.09. The van der Waals surface area contributed by atoms with E-state index in [-0.39, 0.29) is 32.7 Å². The molecule has 0 aliphatic carbocycles. The third-order valence-corrected chi connectivity index (χ3v) is 5.50. The van der Waals surface area contributed by atoms with Gasteiger partial charge in [-0.25, -0.2) is 9.59 Å². The molecule has 166 valence electrons. The predicted octanol–water partition coefficient (Wildman–Crippen LogP) is 3.16. The Kier molecular flexibility index (Phi) is 8.34. The van der Waals surface area contributed by atoms with Crippen LogP contribution < -0.4 is 20.1 Å². The summed E-state index contributed by atoms with van der Waals surface area (Å²) in [6, 6.07) is 4.90. The molecule has 0 fully saturated rings. The third kappa shape index (κ3) is 5.30. The zero-order valence-corrected chi connectivity index (χ0v) is 19.2. The number of esters is 2. The molecule has 2 aromatic rings. The highest BCUT2D eigenvalue weighted by Gasteiger charge is 2.27. The van der Waals surface area contributed by atoms with Crippen LogP contribution >= 0.6 is 23.6 Å². The maximum absolute atomic E-state index is 12.8. The van der Waals surface area contributed by atoms with Crippen molar-refractivity contribution in [2.75, 3.05) is 33.3 Å². The van der Waals surface area contributed by atoms with Crippen molar-refractivity contribution in [3.63, 3.8) is 0 Å². The Labute approximate surface area is 188 Å². The van der Waals surface area contributed by atoms with Crippen LogP contribution in [-0.4, -0.2) is 50.9 Å². The molecule has 31 heavy (non-hydrogen) atoms. The molecule has 0 radical (unpaired) electrons. The second-order valence-electron chi connectivity index (χ2n) is 5.92. The number of rotatable bonds is 7. The fraction of sp³-hybridized carbons (Fsp3) is 0.300. The number of benzene rings is 1. The van der Waals surface area contributed by atoms with Gasteiger partial charge in [-0.15, -0.1) is 11.3 Å². The summed E-state index contributed by atoms with van der Waals surface area (Å²) in [5.41, 5.74) is 0.678. The maximum Gasteiger partial charge on any atom is 0.348 e. The quantitative estimate of drug-likeness (QED) is 0.469. The van der Waals surface area contributed by atoms with Crippen molar-refractivity contribution in [1.82, 2.24) is 5.32 Å². The Morgan fingerprint density at radius 3 is 2.16 bits per heavy atom. The first kappa shape index (κ1) is 24.1. The number of ether oxygens (including phenoxy) is 4. The Hall–Kier alpha value is -3.18. The summed E-state index contributed by atoms with van der Waals surface area (Å²) < 4.78 is 20.3. The highest BCUT2D eigenvalue weighted by Crippen LogP contribution is 2.34. The molecule has 0 atom stereocenters. The SMILES string of the molecule is CCOC(=O)c1c(NC(=S)NC(=O)c2c(OC)cccc2OC)sc(C(=O)OC)c1C. The third-order valence-electron chi connectivity index (χ3n) is 4.11. The van der Waals surface area contributed by atoms with Crippen LogP contribution in [0.3, 0.4) is 0 Å². The molecule has 1 heterocycles. The van der Waals surface area contributed by atoms with Crippen LogP contribution in [0.2, 0.25) is 0 Å². The van der Waals surface area contributed by atoms with Crippen LogP contribution in [0.25, 0.3) is 0 Å². The van der Waals surface area contributed by atoms with E-state index >= 15 is 0 Å². The summed E-state index contributed by atoms with van der Waals surface area (Å²) in [6.07, 6.45) is 0. The standard InChI is InChI=1S/C20H22N2O7S2/c1-6-29-18(24)13-10(2)15(19(25)28-5)31-17(13)22-20(30)21-16(23)14-11(26-3)8-7-9-12(14)27-4/h7-9H,6H2,1-5H3,(H2,21,22,23,30). The van der Waals surface area contributed by atoms with Crippen LogP contribution in [0.15, 0.2) is 18.2 Å². The fourth-order valence-electron chi connectivity index (χ4n) is 2.71.